The number of hydrogen-bond acceptors (Lipinski definition) is 4. The van der Waals surface area contributed by atoms with Crippen molar-refractivity contribution in [1.29, 1.82) is 0 Å². The molecule has 0 aliphatic carbocycles. The van der Waals surface area contributed by atoms with Gasteiger partial charge in [0.2, 0.25) is 5.91 Å². The molecule has 0 unspecified atom stereocenters. The molecule has 27 heavy (non-hydrogen) atoms. The molecule has 0 aromatic heterocycles. The summed E-state index contributed by atoms with van der Waals surface area (Å²) in [5.41, 5.74) is 1.03. The summed E-state index contributed by atoms with van der Waals surface area (Å²) in [6.45, 7) is 0.831. The van der Waals surface area contributed by atoms with Crippen LogP contribution in [0.15, 0.2) is 48.5 Å². The fourth-order valence-electron chi connectivity index (χ4n) is 2.33. The van der Waals surface area contributed by atoms with Gasteiger partial charge in [-0.15, -0.1) is 0 Å². The Kier molecular flexibility index (Phi) is 7.31. The van der Waals surface area contributed by atoms with E-state index < -0.39 is 30.3 Å². The van der Waals surface area contributed by atoms with Gasteiger partial charge in [-0.05, 0) is 23.8 Å². The molecule has 0 heterocycles. The lowest BCUT2D eigenvalue weighted by Gasteiger charge is -2.17. The molecular weight excluding hydrogens is 375 g/mol. The Hall–Kier alpha value is -2.93. The number of carbonyl (C=O) groups excluding carboxylic acids is 3. The number of esters is 1. The van der Waals surface area contributed by atoms with Crippen molar-refractivity contribution in [3.05, 3.63) is 64.9 Å². The second-order valence-electron chi connectivity index (χ2n) is 5.71. The zero-order valence-corrected chi connectivity index (χ0v) is 15.3. The summed E-state index contributed by atoms with van der Waals surface area (Å²) in [4.78, 5) is 35.3. The minimum atomic E-state index is -0.648. The largest absolute Gasteiger partial charge is 0.455 e. The molecule has 0 bridgehead atoms. The van der Waals surface area contributed by atoms with E-state index in [1.54, 1.807) is 24.3 Å². The molecule has 2 rings (SSSR count). The number of carbonyl (C=O) groups is 3. The minimum Gasteiger partial charge on any atom is -0.455 e. The van der Waals surface area contributed by atoms with Gasteiger partial charge >= 0.3 is 5.97 Å². The first kappa shape index (κ1) is 20.4. The number of ether oxygens (including phenoxy) is 1. The van der Waals surface area contributed by atoms with E-state index in [2.05, 4.69) is 10.6 Å². The van der Waals surface area contributed by atoms with Crippen LogP contribution in [0.5, 0.6) is 0 Å². The number of halogens is 2. The standard InChI is InChI=1S/C19H18ClFN2O4/c1-12(24)22-17(13-5-3-2-4-6-13)10-19(26)27-11-18(25)23-14-7-8-16(21)15(20)9-14/h2-9,17H,10-11H2,1H3,(H,22,24)(H,23,25)/t17-/m0/s1. The molecule has 0 fully saturated rings. The average molecular weight is 393 g/mol. The summed E-state index contributed by atoms with van der Waals surface area (Å²) in [5.74, 6) is -2.14. The molecule has 6 nitrogen and oxygen atoms in total. The molecule has 2 aromatic carbocycles. The molecule has 2 N–H and O–H groups in total. The van der Waals surface area contributed by atoms with Gasteiger partial charge in [0.15, 0.2) is 6.61 Å². The molecule has 0 saturated heterocycles. The van der Waals surface area contributed by atoms with Crippen molar-refractivity contribution in [1.82, 2.24) is 5.32 Å². The number of hydrogen-bond donors (Lipinski definition) is 2. The van der Waals surface area contributed by atoms with Gasteiger partial charge in [0.25, 0.3) is 5.91 Å². The summed E-state index contributed by atoms with van der Waals surface area (Å²) in [6.07, 6.45) is -0.126. The van der Waals surface area contributed by atoms with Crippen LogP contribution in [0, 0.1) is 5.82 Å². The molecular formula is C19H18ClFN2O4. The first-order valence-corrected chi connectivity index (χ1v) is 8.45. The van der Waals surface area contributed by atoms with E-state index in [0.717, 1.165) is 11.6 Å². The maximum absolute atomic E-state index is 13.1. The van der Waals surface area contributed by atoms with E-state index in [1.165, 1.54) is 19.1 Å². The summed E-state index contributed by atoms with van der Waals surface area (Å²) >= 11 is 5.64. The van der Waals surface area contributed by atoms with E-state index in [9.17, 15) is 18.8 Å². The van der Waals surface area contributed by atoms with Crippen molar-refractivity contribution in [2.75, 3.05) is 11.9 Å². The third-order valence-electron chi connectivity index (χ3n) is 3.52. The third kappa shape index (κ3) is 6.71. The van der Waals surface area contributed by atoms with Crippen molar-refractivity contribution in [3.8, 4) is 0 Å². The van der Waals surface area contributed by atoms with Crippen molar-refractivity contribution in [2.45, 2.75) is 19.4 Å². The van der Waals surface area contributed by atoms with E-state index in [1.807, 2.05) is 6.07 Å². The highest BCUT2D eigenvalue weighted by molar-refractivity contribution is 6.31. The van der Waals surface area contributed by atoms with Gasteiger partial charge in [-0.25, -0.2) is 4.39 Å². The van der Waals surface area contributed by atoms with Crippen LogP contribution in [0.2, 0.25) is 5.02 Å². The van der Waals surface area contributed by atoms with Crippen molar-refractivity contribution >= 4 is 35.1 Å². The number of anilines is 1. The Bertz CT molecular complexity index is 830. The number of nitrogens with one attached hydrogen (secondary N) is 2. The van der Waals surface area contributed by atoms with Crippen LogP contribution >= 0.6 is 11.6 Å². The van der Waals surface area contributed by atoms with E-state index in [-0.39, 0.29) is 23.0 Å². The first-order chi connectivity index (χ1) is 12.8. The van der Waals surface area contributed by atoms with E-state index in [4.69, 9.17) is 16.3 Å². The Balaban J connectivity index is 1.88. The predicted octanol–water partition coefficient (Wildman–Crippen LogP) is 3.23. The highest BCUT2D eigenvalue weighted by atomic mass is 35.5. The van der Waals surface area contributed by atoms with Crippen LogP contribution in [0.3, 0.4) is 0 Å². The van der Waals surface area contributed by atoms with Crippen LogP contribution in [0.25, 0.3) is 0 Å². The third-order valence-corrected chi connectivity index (χ3v) is 3.81. The van der Waals surface area contributed by atoms with Gasteiger partial charge in [-0.3, -0.25) is 14.4 Å². The molecule has 8 heteroatoms. The van der Waals surface area contributed by atoms with E-state index in [0.29, 0.717) is 0 Å². The summed E-state index contributed by atoms with van der Waals surface area (Å²) in [6, 6.07) is 12.1. The lowest BCUT2D eigenvalue weighted by Crippen LogP contribution is -2.29. The lowest BCUT2D eigenvalue weighted by molar-refractivity contribution is -0.148. The summed E-state index contributed by atoms with van der Waals surface area (Å²) < 4.78 is 18.1. The van der Waals surface area contributed by atoms with Gasteiger partial charge in [-0.2, -0.15) is 0 Å². The molecule has 2 amide bonds. The lowest BCUT2D eigenvalue weighted by atomic mass is 10.0. The number of rotatable bonds is 7. The topological polar surface area (TPSA) is 84.5 Å². The van der Waals surface area contributed by atoms with Gasteiger partial charge < -0.3 is 15.4 Å². The monoisotopic (exact) mass is 392 g/mol. The average Bonchev–Trinajstić information content (AvgIpc) is 2.63. The predicted molar refractivity (Wildman–Crippen MR) is 98.6 cm³/mol. The zero-order valence-electron chi connectivity index (χ0n) is 14.5. The Labute approximate surface area is 160 Å². The van der Waals surface area contributed by atoms with Crippen molar-refractivity contribution < 1.29 is 23.5 Å². The van der Waals surface area contributed by atoms with Crippen LogP contribution in [0.4, 0.5) is 10.1 Å². The van der Waals surface area contributed by atoms with Crippen LogP contribution in [0.1, 0.15) is 24.9 Å². The fraction of sp³-hybridized carbons (Fsp3) is 0.211. The second-order valence-corrected chi connectivity index (χ2v) is 6.11. The Morgan fingerprint density at radius 2 is 1.85 bits per heavy atom. The molecule has 142 valence electrons. The van der Waals surface area contributed by atoms with Crippen LogP contribution < -0.4 is 10.6 Å². The summed E-state index contributed by atoms with van der Waals surface area (Å²) in [5, 5.41) is 4.99. The van der Waals surface area contributed by atoms with Gasteiger partial charge in [0, 0.05) is 12.6 Å². The molecule has 0 saturated carbocycles. The first-order valence-electron chi connectivity index (χ1n) is 8.07. The minimum absolute atomic E-state index is 0.126. The molecule has 0 radical (unpaired) electrons. The van der Waals surface area contributed by atoms with Crippen molar-refractivity contribution in [3.63, 3.8) is 0 Å². The van der Waals surface area contributed by atoms with E-state index >= 15 is 0 Å². The molecule has 0 spiro atoms. The highest BCUT2D eigenvalue weighted by Gasteiger charge is 2.18. The zero-order chi connectivity index (χ0) is 19.8. The molecule has 0 aliphatic heterocycles. The maximum atomic E-state index is 13.1. The Morgan fingerprint density at radius 1 is 1.15 bits per heavy atom. The molecule has 1 atom stereocenters. The highest BCUT2D eigenvalue weighted by Crippen LogP contribution is 2.19. The second kappa shape index (κ2) is 9.68. The maximum Gasteiger partial charge on any atom is 0.308 e. The SMILES string of the molecule is CC(=O)N[C@@H](CC(=O)OCC(=O)Nc1ccc(F)c(Cl)c1)c1ccccc1. The van der Waals surface area contributed by atoms with Crippen LogP contribution in [-0.4, -0.2) is 24.4 Å². The van der Waals surface area contributed by atoms with Gasteiger partial charge in [0.05, 0.1) is 17.5 Å². The van der Waals surface area contributed by atoms with Crippen molar-refractivity contribution in [2.24, 2.45) is 0 Å². The number of amides is 2. The smallest absolute Gasteiger partial charge is 0.308 e. The van der Waals surface area contributed by atoms with Gasteiger partial charge in [-0.1, -0.05) is 41.9 Å². The quantitative estimate of drug-likeness (QED) is 0.708. The van der Waals surface area contributed by atoms with Gasteiger partial charge in [0.1, 0.15) is 5.82 Å². The summed E-state index contributed by atoms with van der Waals surface area (Å²) in [7, 11) is 0. The van der Waals surface area contributed by atoms with Crippen LogP contribution in [-0.2, 0) is 19.1 Å². The normalized spacial score (nSPS) is 11.4. The molecule has 0 aliphatic rings. The Morgan fingerprint density at radius 3 is 2.48 bits per heavy atom. The molecule has 2 aromatic rings. The number of benzene rings is 2. The fourth-order valence-corrected chi connectivity index (χ4v) is 2.51.